The maximum absolute atomic E-state index is 11.8. The van der Waals surface area contributed by atoms with E-state index in [9.17, 15) is 4.79 Å². The number of amides is 1. The SMILES string of the molecule is C[C@@H]1COCCN1c1cc(-c2cccc(C(N)=O)c2)c2c(N)nn(-c3ccn[nH]3)c2n1. The number of H-pyrrole nitrogens is 1. The zero-order chi connectivity index (χ0) is 21.5. The first-order valence-electron chi connectivity index (χ1n) is 9.96. The Morgan fingerprint density at radius 1 is 1.29 bits per heavy atom. The average molecular weight is 418 g/mol. The summed E-state index contributed by atoms with van der Waals surface area (Å²) < 4.78 is 7.24. The Hall–Kier alpha value is -3.92. The first kappa shape index (κ1) is 19.1. The van der Waals surface area contributed by atoms with Crippen LogP contribution in [0.15, 0.2) is 42.6 Å². The monoisotopic (exact) mass is 418 g/mol. The molecule has 1 amide bonds. The molecular formula is C21H22N8O2. The zero-order valence-electron chi connectivity index (χ0n) is 16.9. The van der Waals surface area contributed by atoms with Crippen LogP contribution >= 0.6 is 0 Å². The molecule has 5 N–H and O–H groups in total. The van der Waals surface area contributed by atoms with E-state index in [1.807, 2.05) is 12.1 Å². The fraction of sp³-hybridized carbons (Fsp3) is 0.238. The summed E-state index contributed by atoms with van der Waals surface area (Å²) in [6.45, 7) is 4.06. The van der Waals surface area contributed by atoms with E-state index in [1.54, 1.807) is 35.1 Å². The number of hydrogen-bond donors (Lipinski definition) is 3. The number of hydrogen-bond acceptors (Lipinski definition) is 7. The largest absolute Gasteiger partial charge is 0.382 e. The van der Waals surface area contributed by atoms with Gasteiger partial charge in [-0.1, -0.05) is 12.1 Å². The Bertz CT molecular complexity index is 1260. The summed E-state index contributed by atoms with van der Waals surface area (Å²) in [6, 6.07) is 11.1. The van der Waals surface area contributed by atoms with Gasteiger partial charge < -0.3 is 21.1 Å². The second-order valence-corrected chi connectivity index (χ2v) is 7.53. The molecule has 0 aliphatic carbocycles. The molecule has 0 bridgehead atoms. The van der Waals surface area contributed by atoms with Crippen molar-refractivity contribution in [3.63, 3.8) is 0 Å². The predicted molar refractivity (Wildman–Crippen MR) is 117 cm³/mol. The number of primary amides is 1. The molecule has 1 aliphatic rings. The Labute approximate surface area is 177 Å². The van der Waals surface area contributed by atoms with Crippen molar-refractivity contribution in [2.75, 3.05) is 30.4 Å². The van der Waals surface area contributed by atoms with Crippen molar-refractivity contribution >= 4 is 28.6 Å². The van der Waals surface area contributed by atoms with E-state index in [0.29, 0.717) is 48.0 Å². The molecule has 1 atom stereocenters. The van der Waals surface area contributed by atoms with Crippen LogP contribution in [0.5, 0.6) is 0 Å². The first-order valence-corrected chi connectivity index (χ1v) is 9.96. The first-order chi connectivity index (χ1) is 15.0. The Morgan fingerprint density at radius 3 is 2.90 bits per heavy atom. The molecule has 31 heavy (non-hydrogen) atoms. The number of nitrogens with zero attached hydrogens (tertiary/aromatic N) is 5. The Morgan fingerprint density at radius 2 is 2.16 bits per heavy atom. The quantitative estimate of drug-likeness (QED) is 0.458. The molecule has 4 aromatic rings. The van der Waals surface area contributed by atoms with E-state index in [2.05, 4.69) is 27.1 Å². The highest BCUT2D eigenvalue weighted by molar-refractivity contribution is 6.03. The highest BCUT2D eigenvalue weighted by Crippen LogP contribution is 2.36. The summed E-state index contributed by atoms with van der Waals surface area (Å²) in [6.07, 6.45) is 1.64. The molecule has 0 saturated carbocycles. The molecule has 5 rings (SSSR count). The van der Waals surface area contributed by atoms with Crippen LogP contribution in [0.3, 0.4) is 0 Å². The van der Waals surface area contributed by atoms with Gasteiger partial charge in [0, 0.05) is 23.7 Å². The molecule has 0 radical (unpaired) electrons. The van der Waals surface area contributed by atoms with Crippen molar-refractivity contribution in [2.24, 2.45) is 5.73 Å². The van der Waals surface area contributed by atoms with Crippen molar-refractivity contribution in [2.45, 2.75) is 13.0 Å². The number of carbonyl (C=O) groups is 1. The van der Waals surface area contributed by atoms with Crippen LogP contribution in [0.25, 0.3) is 28.0 Å². The minimum atomic E-state index is -0.490. The Kier molecular flexibility index (Phi) is 4.55. The number of carbonyl (C=O) groups excluding carboxylic acids is 1. The van der Waals surface area contributed by atoms with Crippen LogP contribution in [-0.4, -0.2) is 56.7 Å². The van der Waals surface area contributed by atoms with Crippen molar-refractivity contribution in [1.29, 1.82) is 0 Å². The number of fused-ring (bicyclic) bond motifs is 1. The topological polar surface area (TPSA) is 141 Å². The zero-order valence-corrected chi connectivity index (χ0v) is 16.9. The minimum Gasteiger partial charge on any atom is -0.382 e. The smallest absolute Gasteiger partial charge is 0.248 e. The molecule has 1 saturated heterocycles. The van der Waals surface area contributed by atoms with Gasteiger partial charge in [0.2, 0.25) is 5.91 Å². The number of ether oxygens (including phenoxy) is 1. The molecule has 10 nitrogen and oxygen atoms in total. The van der Waals surface area contributed by atoms with Crippen LogP contribution in [0.1, 0.15) is 17.3 Å². The highest BCUT2D eigenvalue weighted by Gasteiger charge is 2.25. The van der Waals surface area contributed by atoms with Crippen molar-refractivity contribution in [1.82, 2.24) is 25.0 Å². The molecule has 1 aromatic carbocycles. The number of nitrogens with two attached hydrogens (primary N) is 2. The van der Waals surface area contributed by atoms with E-state index < -0.39 is 5.91 Å². The lowest BCUT2D eigenvalue weighted by Gasteiger charge is -2.34. The van der Waals surface area contributed by atoms with E-state index >= 15 is 0 Å². The van der Waals surface area contributed by atoms with Crippen LogP contribution in [0.2, 0.25) is 0 Å². The van der Waals surface area contributed by atoms with Gasteiger partial charge in [-0.3, -0.25) is 9.89 Å². The fourth-order valence-corrected chi connectivity index (χ4v) is 3.95. The number of nitrogen functional groups attached to an aromatic ring is 1. The number of anilines is 2. The predicted octanol–water partition coefficient (Wildman–Crippen LogP) is 1.72. The third-order valence-corrected chi connectivity index (χ3v) is 5.49. The summed E-state index contributed by atoms with van der Waals surface area (Å²) >= 11 is 0. The van der Waals surface area contributed by atoms with Crippen LogP contribution in [0.4, 0.5) is 11.6 Å². The number of aromatic amines is 1. The molecule has 1 fully saturated rings. The second kappa shape index (κ2) is 7.40. The molecule has 4 heterocycles. The maximum atomic E-state index is 11.8. The number of benzene rings is 1. The Balaban J connectivity index is 1.79. The molecule has 0 unspecified atom stereocenters. The van der Waals surface area contributed by atoms with E-state index in [0.717, 1.165) is 16.9 Å². The van der Waals surface area contributed by atoms with Crippen molar-refractivity contribution in [3.8, 4) is 16.9 Å². The molecule has 10 heteroatoms. The lowest BCUT2D eigenvalue weighted by atomic mass is 10.0. The second-order valence-electron chi connectivity index (χ2n) is 7.53. The summed E-state index contributed by atoms with van der Waals surface area (Å²) in [5, 5.41) is 12.1. The van der Waals surface area contributed by atoms with E-state index in [1.165, 1.54) is 0 Å². The lowest BCUT2D eigenvalue weighted by molar-refractivity contribution is 0.0985. The van der Waals surface area contributed by atoms with Gasteiger partial charge in [0.1, 0.15) is 5.82 Å². The summed E-state index contributed by atoms with van der Waals surface area (Å²) in [7, 11) is 0. The van der Waals surface area contributed by atoms with Crippen LogP contribution < -0.4 is 16.4 Å². The number of morpholine rings is 1. The van der Waals surface area contributed by atoms with Crippen molar-refractivity contribution < 1.29 is 9.53 Å². The average Bonchev–Trinajstić information content (AvgIpc) is 3.42. The maximum Gasteiger partial charge on any atom is 0.248 e. The third-order valence-electron chi connectivity index (χ3n) is 5.49. The lowest BCUT2D eigenvalue weighted by Crippen LogP contribution is -2.44. The molecule has 158 valence electrons. The van der Waals surface area contributed by atoms with E-state index in [-0.39, 0.29) is 6.04 Å². The molecule has 0 spiro atoms. The standard InChI is InChI=1S/C21H22N8O2/c1-12-11-31-8-7-28(12)17-10-15(13-3-2-4-14(9-13)20(23)30)18-19(22)27-29(21(18)25-17)16-5-6-24-26-16/h2-6,9-10,12H,7-8,11H2,1H3,(H2,22,27)(H2,23,30)(H,24,26)/t12-/m1/s1. The van der Waals surface area contributed by atoms with Gasteiger partial charge >= 0.3 is 0 Å². The normalized spacial score (nSPS) is 16.7. The van der Waals surface area contributed by atoms with Gasteiger partial charge in [0.15, 0.2) is 17.3 Å². The number of rotatable bonds is 4. The van der Waals surface area contributed by atoms with Gasteiger partial charge in [-0.2, -0.15) is 9.78 Å². The van der Waals surface area contributed by atoms with Gasteiger partial charge in [-0.25, -0.2) is 4.98 Å². The summed E-state index contributed by atoms with van der Waals surface area (Å²) in [5.41, 5.74) is 14.5. The van der Waals surface area contributed by atoms with Crippen molar-refractivity contribution in [3.05, 3.63) is 48.2 Å². The van der Waals surface area contributed by atoms with Gasteiger partial charge in [-0.05, 0) is 30.7 Å². The minimum absolute atomic E-state index is 0.157. The number of pyridine rings is 1. The highest BCUT2D eigenvalue weighted by atomic mass is 16.5. The fourth-order valence-electron chi connectivity index (χ4n) is 3.95. The van der Waals surface area contributed by atoms with Crippen LogP contribution in [-0.2, 0) is 4.74 Å². The van der Waals surface area contributed by atoms with Gasteiger partial charge in [-0.15, -0.1) is 5.10 Å². The molecule has 3 aromatic heterocycles. The molecule has 1 aliphatic heterocycles. The van der Waals surface area contributed by atoms with Gasteiger partial charge in [0.05, 0.1) is 30.8 Å². The number of nitrogens with one attached hydrogen (secondary N) is 1. The molecular weight excluding hydrogens is 396 g/mol. The van der Waals surface area contributed by atoms with Gasteiger partial charge in [0.25, 0.3) is 0 Å². The van der Waals surface area contributed by atoms with E-state index in [4.69, 9.17) is 21.2 Å². The summed E-state index contributed by atoms with van der Waals surface area (Å²) in [4.78, 5) is 18.9. The van der Waals surface area contributed by atoms with Crippen LogP contribution in [0, 0.1) is 0 Å². The number of aromatic nitrogens is 5. The summed E-state index contributed by atoms with van der Waals surface area (Å²) in [5.74, 6) is 1.27. The third kappa shape index (κ3) is 3.26.